The lowest BCUT2D eigenvalue weighted by Crippen LogP contribution is -2.31. The van der Waals surface area contributed by atoms with E-state index >= 15 is 0 Å². The predicted molar refractivity (Wildman–Crippen MR) is 73.7 cm³/mol. The molecule has 0 aliphatic heterocycles. The number of aliphatic hydroxyl groups is 1. The van der Waals surface area contributed by atoms with Crippen molar-refractivity contribution in [2.75, 3.05) is 24.6 Å². The Balaban J connectivity index is 2.58. The van der Waals surface area contributed by atoms with Gasteiger partial charge in [0, 0.05) is 18.8 Å². The summed E-state index contributed by atoms with van der Waals surface area (Å²) in [5.74, 6) is 0. The van der Waals surface area contributed by atoms with Gasteiger partial charge in [0.2, 0.25) is 0 Å². The summed E-state index contributed by atoms with van der Waals surface area (Å²) < 4.78 is 25.3. The van der Waals surface area contributed by atoms with E-state index in [1.54, 1.807) is 6.07 Å². The van der Waals surface area contributed by atoms with Crippen molar-refractivity contribution < 1.29 is 18.8 Å². The largest absolute Gasteiger partial charge is 0.395 e. The van der Waals surface area contributed by atoms with Crippen molar-refractivity contribution in [3.05, 3.63) is 40.6 Å². The first-order chi connectivity index (χ1) is 10.0. The standard InChI is InChI=1S/C13H13F2N3O3/c14-12(15)8-17(6-7-19)11-4-3-10(18(20)21)9-2-1-5-16-13(9)11/h1-5,12,19H,6-8H2. The second-order valence-corrected chi connectivity index (χ2v) is 4.32. The SMILES string of the molecule is O=[N+]([O-])c1ccc(N(CCO)CC(F)F)c2ncccc12. The molecule has 21 heavy (non-hydrogen) atoms. The van der Waals surface area contributed by atoms with Gasteiger partial charge in [0.25, 0.3) is 12.1 Å². The molecule has 1 heterocycles. The van der Waals surface area contributed by atoms with Gasteiger partial charge >= 0.3 is 0 Å². The Morgan fingerprint density at radius 3 is 2.76 bits per heavy atom. The molecule has 0 unspecified atom stereocenters. The third-order valence-electron chi connectivity index (χ3n) is 2.99. The Kier molecular flexibility index (Phi) is 4.59. The first-order valence-corrected chi connectivity index (χ1v) is 6.20. The van der Waals surface area contributed by atoms with E-state index in [1.807, 2.05) is 0 Å². The van der Waals surface area contributed by atoms with Gasteiger partial charge in [-0.2, -0.15) is 0 Å². The lowest BCUT2D eigenvalue weighted by Gasteiger charge is -2.24. The Morgan fingerprint density at radius 1 is 1.38 bits per heavy atom. The maximum Gasteiger partial charge on any atom is 0.278 e. The van der Waals surface area contributed by atoms with Crippen LogP contribution in [0.4, 0.5) is 20.2 Å². The fraction of sp³-hybridized carbons (Fsp3) is 0.308. The molecule has 0 radical (unpaired) electrons. The molecule has 2 aromatic rings. The van der Waals surface area contributed by atoms with Crippen LogP contribution in [0.1, 0.15) is 0 Å². The Morgan fingerprint density at radius 2 is 2.14 bits per heavy atom. The average Bonchev–Trinajstić information content (AvgIpc) is 2.45. The molecule has 1 aromatic carbocycles. The van der Waals surface area contributed by atoms with E-state index in [0.717, 1.165) is 0 Å². The summed E-state index contributed by atoms with van der Waals surface area (Å²) in [6.07, 6.45) is -1.15. The second-order valence-electron chi connectivity index (χ2n) is 4.32. The molecule has 0 atom stereocenters. The van der Waals surface area contributed by atoms with Crippen molar-refractivity contribution >= 4 is 22.3 Å². The van der Waals surface area contributed by atoms with Crippen molar-refractivity contribution in [1.29, 1.82) is 0 Å². The van der Waals surface area contributed by atoms with E-state index in [0.29, 0.717) is 5.69 Å². The Hall–Kier alpha value is -2.35. The average molecular weight is 297 g/mol. The Bertz CT molecular complexity index is 652. The first-order valence-electron chi connectivity index (χ1n) is 6.20. The maximum atomic E-state index is 12.6. The molecule has 2 rings (SSSR count). The summed E-state index contributed by atoms with van der Waals surface area (Å²) in [5, 5.41) is 20.3. The van der Waals surface area contributed by atoms with Crippen molar-refractivity contribution in [2.45, 2.75) is 6.43 Å². The van der Waals surface area contributed by atoms with Crippen LogP contribution in [0.5, 0.6) is 0 Å². The molecule has 0 spiro atoms. The van der Waals surface area contributed by atoms with Crippen molar-refractivity contribution in [1.82, 2.24) is 4.98 Å². The van der Waals surface area contributed by atoms with Crippen molar-refractivity contribution in [2.24, 2.45) is 0 Å². The highest BCUT2D eigenvalue weighted by Gasteiger charge is 2.20. The number of hydrogen-bond acceptors (Lipinski definition) is 5. The number of halogens is 2. The second kappa shape index (κ2) is 6.40. The predicted octanol–water partition coefficient (Wildman–Crippen LogP) is 2.21. The zero-order chi connectivity index (χ0) is 15.4. The molecule has 1 aromatic heterocycles. The zero-order valence-corrected chi connectivity index (χ0v) is 10.9. The summed E-state index contributed by atoms with van der Waals surface area (Å²) in [4.78, 5) is 15.8. The minimum atomic E-state index is -2.59. The van der Waals surface area contributed by atoms with Gasteiger partial charge in [-0.1, -0.05) is 0 Å². The smallest absolute Gasteiger partial charge is 0.278 e. The monoisotopic (exact) mass is 297 g/mol. The first kappa shape index (κ1) is 15.0. The molecule has 0 saturated heterocycles. The minimum absolute atomic E-state index is 0.00613. The normalized spacial score (nSPS) is 11.0. The number of nitrogens with zero attached hydrogens (tertiary/aromatic N) is 3. The highest BCUT2D eigenvalue weighted by atomic mass is 19.3. The summed E-state index contributed by atoms with van der Waals surface area (Å²) in [6, 6.07) is 5.70. The molecule has 0 bridgehead atoms. The van der Waals surface area contributed by atoms with E-state index < -0.39 is 17.9 Å². The van der Waals surface area contributed by atoms with Crippen LogP contribution < -0.4 is 4.90 Å². The topological polar surface area (TPSA) is 79.5 Å². The number of pyridine rings is 1. The zero-order valence-electron chi connectivity index (χ0n) is 10.9. The molecule has 0 saturated carbocycles. The van der Waals surface area contributed by atoms with Gasteiger partial charge in [-0.25, -0.2) is 8.78 Å². The van der Waals surface area contributed by atoms with Gasteiger partial charge in [0.15, 0.2) is 0 Å². The van der Waals surface area contributed by atoms with Crippen molar-refractivity contribution in [3.63, 3.8) is 0 Å². The molecule has 1 N–H and O–H groups in total. The van der Waals surface area contributed by atoms with Crippen LogP contribution >= 0.6 is 0 Å². The van der Waals surface area contributed by atoms with Gasteiger partial charge in [-0.3, -0.25) is 15.1 Å². The van der Waals surface area contributed by atoms with Crippen LogP contribution in [0.2, 0.25) is 0 Å². The third-order valence-corrected chi connectivity index (χ3v) is 2.99. The van der Waals surface area contributed by atoms with Crippen molar-refractivity contribution in [3.8, 4) is 0 Å². The van der Waals surface area contributed by atoms with Gasteiger partial charge in [-0.05, 0) is 18.2 Å². The highest BCUT2D eigenvalue weighted by molar-refractivity contribution is 5.97. The molecule has 6 nitrogen and oxygen atoms in total. The molecule has 0 aliphatic rings. The molecular formula is C13H13F2N3O3. The van der Waals surface area contributed by atoms with Crippen LogP contribution in [0.25, 0.3) is 10.9 Å². The van der Waals surface area contributed by atoms with Gasteiger partial charge in [-0.15, -0.1) is 0 Å². The van der Waals surface area contributed by atoms with Gasteiger partial charge in [0.05, 0.1) is 29.1 Å². The molecule has 0 aliphatic carbocycles. The summed E-state index contributed by atoms with van der Waals surface area (Å²) in [5.41, 5.74) is 0.467. The number of aromatic nitrogens is 1. The quantitative estimate of drug-likeness (QED) is 0.653. The van der Waals surface area contributed by atoms with E-state index in [9.17, 15) is 18.9 Å². The van der Waals surface area contributed by atoms with Crippen LogP contribution in [0, 0.1) is 10.1 Å². The van der Waals surface area contributed by atoms with Crippen LogP contribution in [-0.4, -0.2) is 41.1 Å². The number of alkyl halides is 2. The Labute approximate surface area is 118 Å². The van der Waals surface area contributed by atoms with Crippen LogP contribution in [0.3, 0.4) is 0 Å². The number of nitro groups is 1. The number of hydrogen-bond donors (Lipinski definition) is 1. The lowest BCUT2D eigenvalue weighted by molar-refractivity contribution is -0.383. The van der Waals surface area contributed by atoms with Crippen LogP contribution in [-0.2, 0) is 0 Å². The van der Waals surface area contributed by atoms with E-state index in [-0.39, 0.29) is 29.7 Å². The number of non-ortho nitro benzene ring substituents is 1. The maximum absolute atomic E-state index is 12.6. The van der Waals surface area contributed by atoms with E-state index in [1.165, 1.54) is 29.3 Å². The summed E-state index contributed by atoms with van der Waals surface area (Å²) >= 11 is 0. The number of benzene rings is 1. The fourth-order valence-electron chi connectivity index (χ4n) is 2.15. The fourth-order valence-corrected chi connectivity index (χ4v) is 2.15. The number of fused-ring (bicyclic) bond motifs is 1. The van der Waals surface area contributed by atoms with E-state index in [4.69, 9.17) is 5.11 Å². The number of aliphatic hydroxyl groups excluding tert-OH is 1. The van der Waals surface area contributed by atoms with Gasteiger partial charge < -0.3 is 10.0 Å². The molecule has 0 amide bonds. The summed E-state index contributed by atoms with van der Waals surface area (Å²) in [6.45, 7) is -0.893. The van der Waals surface area contributed by atoms with E-state index in [2.05, 4.69) is 4.98 Å². The molecular weight excluding hydrogens is 284 g/mol. The minimum Gasteiger partial charge on any atom is -0.395 e. The molecule has 0 fully saturated rings. The number of rotatable bonds is 6. The molecule has 112 valence electrons. The summed E-state index contributed by atoms with van der Waals surface area (Å²) in [7, 11) is 0. The van der Waals surface area contributed by atoms with Gasteiger partial charge in [0.1, 0.15) is 5.52 Å². The number of anilines is 1. The lowest BCUT2D eigenvalue weighted by atomic mass is 10.1. The highest BCUT2D eigenvalue weighted by Crippen LogP contribution is 2.32. The number of nitro benzene ring substituents is 1. The van der Waals surface area contributed by atoms with Crippen LogP contribution in [0.15, 0.2) is 30.5 Å². The third kappa shape index (κ3) is 3.22. The molecule has 8 heteroatoms.